The third kappa shape index (κ3) is 12.4. The number of nitro benzene ring substituents is 1. The minimum Gasteiger partial charge on any atom is -0.497 e. The summed E-state index contributed by atoms with van der Waals surface area (Å²) in [6, 6.07) is 39.1. The van der Waals surface area contributed by atoms with Gasteiger partial charge < -0.3 is 35.5 Å². The van der Waals surface area contributed by atoms with Crippen molar-refractivity contribution in [1.82, 2.24) is 19.8 Å². The molecule has 372 valence electrons. The molecule has 0 radical (unpaired) electrons. The Morgan fingerprint density at radius 2 is 1.07 bits per heavy atom. The van der Waals surface area contributed by atoms with Gasteiger partial charge in [-0.2, -0.15) is 0 Å². The molecule has 4 amide bonds. The second kappa shape index (κ2) is 23.3. The standard InChI is InChI=1S/C29H30N4O3.C27H24FN5O4/c1-20-17-23(35-2)9-11-27(20)31-29(34)32-28-12-10-24(25-5-3-4-6-26(25)28)21-7-8-22(30-18-21)19-33-13-15-36-16-14-33;28-24-9-7-20(33(35)36)15-26(24)31-27(34)30-25-10-8-21(22-3-1-2-4-23(22)25)18-5-6-19(29-16-18)17-32-11-13-37-14-12-32/h3-12,17-18H,13-16,19H2,1-2H3,(H2,31,32,34);1-10,15-16H,11-14,17H2,(H2,30,31,34). The van der Waals surface area contributed by atoms with Gasteiger partial charge in [0.25, 0.3) is 5.69 Å². The van der Waals surface area contributed by atoms with Crippen molar-refractivity contribution in [2.75, 3.05) is 81.0 Å². The molecule has 6 aromatic carbocycles. The van der Waals surface area contributed by atoms with E-state index in [2.05, 4.69) is 54.3 Å². The van der Waals surface area contributed by atoms with Crippen molar-refractivity contribution in [2.24, 2.45) is 0 Å². The number of pyridine rings is 2. The molecular formula is C56H54FN9O7. The fourth-order valence-corrected chi connectivity index (χ4v) is 8.83. The minimum atomic E-state index is -0.773. The number of nitrogens with zero attached hydrogens (tertiary/aromatic N) is 5. The van der Waals surface area contributed by atoms with Crippen LogP contribution in [0, 0.1) is 22.9 Å². The molecule has 2 aliphatic rings. The molecule has 0 atom stereocenters. The Kier molecular flexibility index (Phi) is 15.8. The number of ether oxygens (including phenoxy) is 3. The number of hydrogen-bond donors (Lipinski definition) is 4. The van der Waals surface area contributed by atoms with Gasteiger partial charge in [-0.25, -0.2) is 14.0 Å². The highest BCUT2D eigenvalue weighted by Gasteiger charge is 2.18. The summed E-state index contributed by atoms with van der Waals surface area (Å²) in [7, 11) is 1.62. The van der Waals surface area contributed by atoms with E-state index in [1.165, 1.54) is 0 Å². The van der Waals surface area contributed by atoms with Gasteiger partial charge in [-0.3, -0.25) is 29.9 Å². The Hall–Kier alpha value is -8.35. The number of benzene rings is 6. The fourth-order valence-electron chi connectivity index (χ4n) is 8.83. The molecule has 0 bridgehead atoms. The number of hydrogen-bond acceptors (Lipinski definition) is 11. The van der Waals surface area contributed by atoms with Crippen LogP contribution < -0.4 is 26.0 Å². The molecule has 2 saturated heterocycles. The molecule has 8 aromatic rings. The lowest BCUT2D eigenvalue weighted by atomic mass is 9.98. The topological polar surface area (TPSA) is 185 Å². The number of nitrogens with one attached hydrogen (secondary N) is 4. The van der Waals surface area contributed by atoms with Gasteiger partial charge in [0.05, 0.1) is 66.9 Å². The number of morpholine rings is 2. The number of amides is 4. The van der Waals surface area contributed by atoms with Crippen molar-refractivity contribution in [3.8, 4) is 28.0 Å². The van der Waals surface area contributed by atoms with Crippen LogP contribution in [0.25, 0.3) is 43.8 Å². The number of halogens is 1. The van der Waals surface area contributed by atoms with Gasteiger partial charge in [0.15, 0.2) is 0 Å². The zero-order valence-corrected chi connectivity index (χ0v) is 40.4. The molecule has 0 unspecified atom stereocenters. The van der Waals surface area contributed by atoms with Gasteiger partial charge in [0.2, 0.25) is 0 Å². The Bertz CT molecular complexity index is 3260. The first-order chi connectivity index (χ1) is 35.6. The van der Waals surface area contributed by atoms with Crippen LogP contribution in [0.4, 0.5) is 42.4 Å². The zero-order chi connectivity index (χ0) is 50.7. The molecular weight excluding hydrogens is 930 g/mol. The van der Waals surface area contributed by atoms with Crippen LogP contribution >= 0.6 is 0 Å². The lowest BCUT2D eigenvalue weighted by Crippen LogP contribution is -2.35. The van der Waals surface area contributed by atoms with E-state index in [-0.39, 0.29) is 17.4 Å². The van der Waals surface area contributed by atoms with Crippen molar-refractivity contribution in [3.63, 3.8) is 0 Å². The highest BCUT2D eigenvalue weighted by atomic mass is 19.1. The predicted molar refractivity (Wildman–Crippen MR) is 283 cm³/mol. The third-order valence-corrected chi connectivity index (χ3v) is 12.7. The van der Waals surface area contributed by atoms with E-state index in [1.807, 2.05) is 110 Å². The molecule has 0 aliphatic carbocycles. The summed E-state index contributed by atoms with van der Waals surface area (Å²) in [4.78, 5) is 49.8. The predicted octanol–water partition coefficient (Wildman–Crippen LogP) is 11.1. The average molecular weight is 984 g/mol. The second-order valence-corrected chi connectivity index (χ2v) is 17.5. The first-order valence-electron chi connectivity index (χ1n) is 23.9. The van der Waals surface area contributed by atoms with Crippen LogP contribution in [0.3, 0.4) is 0 Å². The van der Waals surface area contributed by atoms with Crippen molar-refractivity contribution < 1.29 is 33.1 Å². The van der Waals surface area contributed by atoms with E-state index < -0.39 is 16.8 Å². The van der Waals surface area contributed by atoms with Gasteiger partial charge in [0, 0.05) is 91.4 Å². The van der Waals surface area contributed by atoms with Crippen molar-refractivity contribution >= 4 is 62.0 Å². The van der Waals surface area contributed by atoms with E-state index in [0.29, 0.717) is 5.69 Å². The SMILES string of the molecule is COc1ccc(NC(=O)Nc2ccc(-c3ccc(CN4CCOCC4)nc3)c3ccccc23)c(C)c1.O=C(Nc1cc([N+](=O)[O-])ccc1F)Nc1ccc(-c2ccc(CN3CCOCC3)nc2)c2ccccc12. The lowest BCUT2D eigenvalue weighted by molar-refractivity contribution is -0.384. The molecule has 17 heteroatoms. The van der Waals surface area contributed by atoms with Crippen LogP contribution in [0.5, 0.6) is 5.75 Å². The number of methoxy groups -OCH3 is 1. The van der Waals surface area contributed by atoms with Crippen molar-refractivity contribution in [1.29, 1.82) is 0 Å². The molecule has 73 heavy (non-hydrogen) atoms. The van der Waals surface area contributed by atoms with Gasteiger partial charge in [-0.15, -0.1) is 0 Å². The number of aryl methyl sites for hydroxylation is 1. The smallest absolute Gasteiger partial charge is 0.323 e. The maximum absolute atomic E-state index is 14.1. The summed E-state index contributed by atoms with van der Waals surface area (Å²) in [6.45, 7) is 10.2. The number of non-ortho nitro benzene ring substituents is 1. The molecule has 0 saturated carbocycles. The Morgan fingerprint density at radius 3 is 1.52 bits per heavy atom. The zero-order valence-electron chi connectivity index (χ0n) is 40.4. The maximum atomic E-state index is 14.1. The molecule has 2 aliphatic heterocycles. The molecule has 4 N–H and O–H groups in total. The third-order valence-electron chi connectivity index (χ3n) is 12.7. The van der Waals surface area contributed by atoms with E-state index >= 15 is 0 Å². The summed E-state index contributed by atoms with van der Waals surface area (Å²) in [6.07, 6.45) is 3.78. The van der Waals surface area contributed by atoms with E-state index in [1.54, 1.807) is 13.2 Å². The van der Waals surface area contributed by atoms with Crippen LogP contribution in [0.1, 0.15) is 17.0 Å². The van der Waals surface area contributed by atoms with Gasteiger partial charge in [-0.05, 0) is 82.9 Å². The molecule has 2 aromatic heterocycles. The highest BCUT2D eigenvalue weighted by Crippen LogP contribution is 2.35. The van der Waals surface area contributed by atoms with E-state index in [0.717, 1.165) is 162 Å². The number of anilines is 4. The number of rotatable bonds is 12. The number of fused-ring (bicyclic) bond motifs is 2. The first-order valence-corrected chi connectivity index (χ1v) is 23.9. The maximum Gasteiger partial charge on any atom is 0.323 e. The van der Waals surface area contributed by atoms with Crippen molar-refractivity contribution in [3.05, 3.63) is 179 Å². The number of aromatic nitrogens is 2. The summed E-state index contributed by atoms with van der Waals surface area (Å²) >= 11 is 0. The fraction of sp³-hybridized carbons (Fsp3) is 0.214. The summed E-state index contributed by atoms with van der Waals surface area (Å²) in [5.74, 6) is -0.0193. The molecule has 10 rings (SSSR count). The van der Waals surface area contributed by atoms with Gasteiger partial charge in [0.1, 0.15) is 11.6 Å². The Balaban J connectivity index is 0.000000180. The Labute approximate surface area is 421 Å². The number of urea groups is 2. The molecule has 2 fully saturated rings. The average Bonchev–Trinajstić information content (AvgIpc) is 3.41. The second-order valence-electron chi connectivity index (χ2n) is 17.5. The monoisotopic (exact) mass is 983 g/mol. The van der Waals surface area contributed by atoms with Crippen LogP contribution in [0.15, 0.2) is 146 Å². The van der Waals surface area contributed by atoms with Gasteiger partial charge in [-0.1, -0.05) is 72.8 Å². The quantitative estimate of drug-likeness (QED) is 0.0674. The van der Waals surface area contributed by atoms with Crippen LogP contribution in [-0.4, -0.2) is 96.5 Å². The summed E-state index contributed by atoms with van der Waals surface area (Å²) in [5, 5.41) is 25.7. The highest BCUT2D eigenvalue weighted by molar-refractivity contribution is 6.11. The number of nitro groups is 1. The molecule has 16 nitrogen and oxygen atoms in total. The normalized spacial score (nSPS) is 13.9. The molecule has 0 spiro atoms. The first kappa shape index (κ1) is 49.6. The minimum absolute atomic E-state index is 0.282. The summed E-state index contributed by atoms with van der Waals surface area (Å²) in [5.41, 5.74) is 8.36. The Morgan fingerprint density at radius 1 is 0.603 bits per heavy atom. The number of carbonyl (C=O) groups excluding carboxylic acids is 2. The van der Waals surface area contributed by atoms with E-state index in [4.69, 9.17) is 19.2 Å². The molecule has 4 heterocycles. The van der Waals surface area contributed by atoms with E-state index in [9.17, 15) is 24.1 Å². The van der Waals surface area contributed by atoms with Gasteiger partial charge >= 0.3 is 12.1 Å². The lowest BCUT2D eigenvalue weighted by Gasteiger charge is -2.26. The number of carbonyl (C=O) groups is 2. The summed E-state index contributed by atoms with van der Waals surface area (Å²) < 4.78 is 30.2. The largest absolute Gasteiger partial charge is 0.497 e. The van der Waals surface area contributed by atoms with Crippen LogP contribution in [-0.2, 0) is 22.6 Å². The van der Waals surface area contributed by atoms with Crippen molar-refractivity contribution in [2.45, 2.75) is 20.0 Å². The van der Waals surface area contributed by atoms with Crippen LogP contribution in [0.2, 0.25) is 0 Å².